The largest absolute Gasteiger partial charge is 0.480 e. The van der Waals surface area contributed by atoms with Crippen LogP contribution in [0, 0.1) is 12.8 Å². The number of hydrogen-bond donors (Lipinski definition) is 2. The average molecular weight is 308 g/mol. The molecule has 0 fully saturated rings. The number of nitrogens with zero attached hydrogens (tertiary/aromatic N) is 1. The van der Waals surface area contributed by atoms with Gasteiger partial charge in [-0.05, 0) is 32.8 Å². The van der Waals surface area contributed by atoms with Crippen LogP contribution in [-0.4, -0.2) is 27.6 Å². The molecule has 2 N–H and O–H groups in total. The van der Waals surface area contributed by atoms with Gasteiger partial charge >= 0.3 is 5.97 Å². The molecule has 1 heterocycles. The van der Waals surface area contributed by atoms with Crippen LogP contribution in [0.25, 0.3) is 0 Å². The molecule has 122 valence electrons. The molecule has 0 aromatic carbocycles. The monoisotopic (exact) mass is 308 g/mol. The van der Waals surface area contributed by atoms with Gasteiger partial charge in [-0.2, -0.15) is 0 Å². The van der Waals surface area contributed by atoms with Gasteiger partial charge < -0.3 is 10.4 Å². The van der Waals surface area contributed by atoms with Crippen molar-refractivity contribution in [2.45, 2.75) is 52.6 Å². The Morgan fingerprint density at radius 1 is 1.36 bits per heavy atom. The molecule has 0 aliphatic rings. The number of carboxylic acids is 1. The van der Waals surface area contributed by atoms with Gasteiger partial charge in [0.05, 0.1) is 0 Å². The lowest BCUT2D eigenvalue weighted by atomic mass is 9.96. The molecule has 0 radical (unpaired) electrons. The molecule has 6 nitrogen and oxygen atoms in total. The van der Waals surface area contributed by atoms with E-state index in [-0.39, 0.29) is 11.5 Å². The van der Waals surface area contributed by atoms with Crippen molar-refractivity contribution in [1.82, 2.24) is 9.88 Å². The lowest BCUT2D eigenvalue weighted by molar-refractivity contribution is -0.144. The minimum absolute atomic E-state index is 0.203. The van der Waals surface area contributed by atoms with Crippen molar-refractivity contribution >= 4 is 11.9 Å². The highest BCUT2D eigenvalue weighted by atomic mass is 16.4. The lowest BCUT2D eigenvalue weighted by Gasteiger charge is -2.31. The Balaban J connectivity index is 3.15. The summed E-state index contributed by atoms with van der Waals surface area (Å²) in [6.45, 7) is 8.58. The number of aliphatic carboxylic acids is 1. The van der Waals surface area contributed by atoms with Crippen molar-refractivity contribution < 1.29 is 14.7 Å². The molecule has 2 unspecified atom stereocenters. The number of pyridine rings is 1. The fourth-order valence-electron chi connectivity index (χ4n) is 2.41. The Kier molecular flexibility index (Phi) is 5.52. The zero-order valence-corrected chi connectivity index (χ0v) is 13.7. The highest BCUT2D eigenvalue weighted by molar-refractivity contribution is 5.88. The second-order valence-electron chi connectivity index (χ2n) is 6.07. The first-order valence-electron chi connectivity index (χ1n) is 7.35. The second-order valence-corrected chi connectivity index (χ2v) is 6.07. The van der Waals surface area contributed by atoms with Gasteiger partial charge in [0.1, 0.15) is 11.6 Å². The molecule has 1 aromatic rings. The van der Waals surface area contributed by atoms with Crippen LogP contribution in [0.3, 0.4) is 0 Å². The molecular formula is C16H24N2O4. The lowest BCUT2D eigenvalue weighted by Crippen LogP contribution is -2.55. The number of carbonyl (C=O) groups is 2. The number of hydrogen-bond acceptors (Lipinski definition) is 3. The highest BCUT2D eigenvalue weighted by Crippen LogP contribution is 2.17. The predicted octanol–water partition coefficient (Wildman–Crippen LogP) is 1.51. The maximum absolute atomic E-state index is 12.6. The van der Waals surface area contributed by atoms with E-state index in [0.29, 0.717) is 12.1 Å². The normalized spacial score (nSPS) is 14.2. The zero-order chi connectivity index (χ0) is 17.1. The molecule has 0 aliphatic heterocycles. The van der Waals surface area contributed by atoms with E-state index in [2.05, 4.69) is 5.32 Å². The minimum atomic E-state index is -1.18. The number of rotatable bonds is 6. The Morgan fingerprint density at radius 2 is 1.95 bits per heavy atom. The SMILES string of the molecule is CCC(C)C(NC(=O)C(C)(C)n1c(C)cccc1=O)C(=O)O. The van der Waals surface area contributed by atoms with Crippen LogP contribution >= 0.6 is 0 Å². The molecule has 22 heavy (non-hydrogen) atoms. The molecule has 1 rings (SSSR count). The predicted molar refractivity (Wildman–Crippen MR) is 83.8 cm³/mol. The van der Waals surface area contributed by atoms with E-state index < -0.39 is 23.5 Å². The second kappa shape index (κ2) is 6.77. The number of carbonyl (C=O) groups excluding carboxylic acids is 1. The number of aryl methyl sites for hydroxylation is 1. The van der Waals surface area contributed by atoms with Gasteiger partial charge in [-0.1, -0.05) is 26.3 Å². The third-order valence-corrected chi connectivity index (χ3v) is 4.03. The van der Waals surface area contributed by atoms with Crippen LogP contribution in [0.2, 0.25) is 0 Å². The van der Waals surface area contributed by atoms with Crippen molar-refractivity contribution in [2.75, 3.05) is 0 Å². The van der Waals surface area contributed by atoms with E-state index >= 15 is 0 Å². The number of nitrogens with one attached hydrogen (secondary N) is 1. The van der Waals surface area contributed by atoms with Crippen LogP contribution in [-0.2, 0) is 15.1 Å². The molecule has 1 aromatic heterocycles. The molecular weight excluding hydrogens is 284 g/mol. The summed E-state index contributed by atoms with van der Waals surface area (Å²) in [5, 5.41) is 11.8. The average Bonchev–Trinajstić information content (AvgIpc) is 2.42. The molecule has 0 saturated carbocycles. The quantitative estimate of drug-likeness (QED) is 0.833. The van der Waals surface area contributed by atoms with Crippen LogP contribution in [0.4, 0.5) is 0 Å². The van der Waals surface area contributed by atoms with E-state index in [0.717, 1.165) is 0 Å². The molecule has 2 atom stereocenters. The summed E-state index contributed by atoms with van der Waals surface area (Å²) < 4.78 is 1.37. The van der Waals surface area contributed by atoms with Gasteiger partial charge in [0, 0.05) is 11.8 Å². The van der Waals surface area contributed by atoms with E-state index in [1.807, 2.05) is 6.92 Å². The molecule has 6 heteroatoms. The Hall–Kier alpha value is -2.11. The molecule has 0 bridgehead atoms. The van der Waals surface area contributed by atoms with E-state index in [1.54, 1.807) is 39.8 Å². The van der Waals surface area contributed by atoms with E-state index in [1.165, 1.54) is 10.6 Å². The fraction of sp³-hybridized carbons (Fsp3) is 0.562. The molecule has 0 saturated heterocycles. The van der Waals surface area contributed by atoms with Crippen LogP contribution in [0.1, 0.15) is 39.8 Å². The van der Waals surface area contributed by atoms with Crippen molar-refractivity contribution in [2.24, 2.45) is 5.92 Å². The molecule has 0 spiro atoms. The van der Waals surface area contributed by atoms with Gasteiger partial charge in [-0.15, -0.1) is 0 Å². The van der Waals surface area contributed by atoms with Crippen LogP contribution < -0.4 is 10.9 Å². The highest BCUT2D eigenvalue weighted by Gasteiger charge is 2.35. The topological polar surface area (TPSA) is 88.4 Å². The van der Waals surface area contributed by atoms with Crippen molar-refractivity contribution in [3.8, 4) is 0 Å². The first-order chi connectivity index (χ1) is 10.1. The third kappa shape index (κ3) is 3.55. The van der Waals surface area contributed by atoms with Crippen molar-refractivity contribution in [3.05, 3.63) is 34.2 Å². The number of carboxylic acid groups (broad SMARTS) is 1. The number of amides is 1. The van der Waals surface area contributed by atoms with Crippen molar-refractivity contribution in [1.29, 1.82) is 0 Å². The van der Waals surface area contributed by atoms with Gasteiger partial charge in [-0.3, -0.25) is 14.2 Å². The summed E-state index contributed by atoms with van der Waals surface area (Å²) in [7, 11) is 0. The summed E-state index contributed by atoms with van der Waals surface area (Å²) in [5.41, 5.74) is -0.831. The zero-order valence-electron chi connectivity index (χ0n) is 13.7. The summed E-state index contributed by atoms with van der Waals surface area (Å²) in [5.74, 6) is -1.77. The smallest absolute Gasteiger partial charge is 0.326 e. The first-order valence-corrected chi connectivity index (χ1v) is 7.35. The van der Waals surface area contributed by atoms with Gasteiger partial charge in [-0.25, -0.2) is 4.79 Å². The fourth-order valence-corrected chi connectivity index (χ4v) is 2.41. The van der Waals surface area contributed by atoms with Crippen molar-refractivity contribution in [3.63, 3.8) is 0 Å². The summed E-state index contributed by atoms with van der Waals surface area (Å²) >= 11 is 0. The molecule has 0 aliphatic carbocycles. The first kappa shape index (κ1) is 17.9. The Morgan fingerprint density at radius 3 is 2.41 bits per heavy atom. The van der Waals surface area contributed by atoms with E-state index in [9.17, 15) is 19.5 Å². The summed E-state index contributed by atoms with van der Waals surface area (Å²) in [6, 6.07) is 3.77. The van der Waals surface area contributed by atoms with Gasteiger partial charge in [0.25, 0.3) is 5.56 Å². The van der Waals surface area contributed by atoms with E-state index in [4.69, 9.17) is 0 Å². The van der Waals surface area contributed by atoms with Gasteiger partial charge in [0.2, 0.25) is 5.91 Å². The number of aromatic nitrogens is 1. The Bertz CT molecular complexity index is 619. The summed E-state index contributed by atoms with van der Waals surface area (Å²) in [6.07, 6.45) is 0.627. The van der Waals surface area contributed by atoms with Crippen LogP contribution in [0.15, 0.2) is 23.0 Å². The Labute approximate surface area is 130 Å². The van der Waals surface area contributed by atoms with Crippen LogP contribution in [0.5, 0.6) is 0 Å². The van der Waals surface area contributed by atoms with Gasteiger partial charge in [0.15, 0.2) is 0 Å². The summed E-state index contributed by atoms with van der Waals surface area (Å²) in [4.78, 5) is 36.0. The maximum Gasteiger partial charge on any atom is 0.326 e. The standard InChI is InChI=1S/C16H24N2O4/c1-6-10(2)13(14(20)21)17-15(22)16(4,5)18-11(3)8-7-9-12(18)19/h7-10,13H,6H2,1-5H3,(H,17,22)(H,20,21). The maximum atomic E-state index is 12.6. The third-order valence-electron chi connectivity index (χ3n) is 4.03. The minimum Gasteiger partial charge on any atom is -0.480 e. The molecule has 1 amide bonds.